The number of aromatic nitrogens is 3. The predicted octanol–water partition coefficient (Wildman–Crippen LogP) is 4.70. The molecule has 3 atom stereocenters. The van der Waals surface area contributed by atoms with Crippen molar-refractivity contribution in [2.24, 2.45) is 16.7 Å². The fraction of sp³-hybridized carbons (Fsp3) is 0.429. The first-order chi connectivity index (χ1) is 17.7. The van der Waals surface area contributed by atoms with Gasteiger partial charge in [-0.1, -0.05) is 44.7 Å². The van der Waals surface area contributed by atoms with Gasteiger partial charge in [-0.15, -0.1) is 10.2 Å². The van der Waals surface area contributed by atoms with Crippen LogP contribution in [0.4, 0.5) is 0 Å². The minimum absolute atomic E-state index is 0.0633. The second-order valence-electron chi connectivity index (χ2n) is 10.4. The third-order valence-corrected chi connectivity index (χ3v) is 9.76. The van der Waals surface area contributed by atoms with Crippen LogP contribution >= 0.6 is 11.8 Å². The quantitative estimate of drug-likeness (QED) is 0.460. The molecule has 2 aromatic carbocycles. The maximum Gasteiger partial charge on any atom is 0.251 e. The Morgan fingerprint density at radius 1 is 1.08 bits per heavy atom. The molecule has 3 unspecified atom stereocenters. The zero-order chi connectivity index (χ0) is 26.4. The van der Waals surface area contributed by atoms with Crippen molar-refractivity contribution in [3.8, 4) is 17.2 Å². The van der Waals surface area contributed by atoms with Crippen molar-refractivity contribution in [1.82, 2.24) is 20.1 Å². The van der Waals surface area contributed by atoms with Crippen molar-refractivity contribution in [1.29, 1.82) is 0 Å². The normalized spacial score (nSPS) is 23.8. The summed E-state index contributed by atoms with van der Waals surface area (Å²) in [6, 6.07) is 14.5. The third-order valence-electron chi connectivity index (χ3n) is 8.49. The molecule has 1 N–H and O–H groups in total. The number of Topliss-reactive ketones (excluding diaryl/α,β-unsaturated/α-hetero) is 1. The number of ether oxygens (including phenoxy) is 2. The zero-order valence-corrected chi connectivity index (χ0v) is 22.6. The second kappa shape index (κ2) is 9.52. The lowest BCUT2D eigenvalue weighted by atomic mass is 9.70. The number of ketones is 1. The first-order valence-electron chi connectivity index (χ1n) is 12.4. The standard InChI is InChI=1S/C28H32N4O4S/c1-27(2)19-14-15-28(27,3)24(33)23(19)37-26-31-30-22(32(26)20-8-6-7-9-21(20)36-5)16-29-25(34)17-10-12-18(35-4)13-11-17/h6-13,19,23H,14-16H2,1-5H3,(H,29,34). The van der Waals surface area contributed by atoms with Crippen LogP contribution in [0.15, 0.2) is 53.7 Å². The van der Waals surface area contributed by atoms with Crippen molar-refractivity contribution < 1.29 is 19.1 Å². The Kier molecular flexibility index (Phi) is 6.52. The van der Waals surface area contributed by atoms with Gasteiger partial charge in [-0.3, -0.25) is 14.2 Å². The summed E-state index contributed by atoms with van der Waals surface area (Å²) in [6.07, 6.45) is 1.96. The largest absolute Gasteiger partial charge is 0.497 e. The van der Waals surface area contributed by atoms with Gasteiger partial charge in [-0.2, -0.15) is 0 Å². The molecule has 0 aliphatic heterocycles. The molecule has 5 rings (SSSR count). The van der Waals surface area contributed by atoms with E-state index in [0.717, 1.165) is 18.5 Å². The number of fused-ring (bicyclic) bond motifs is 2. The Balaban J connectivity index is 1.45. The van der Waals surface area contributed by atoms with Crippen LogP contribution in [-0.2, 0) is 11.3 Å². The summed E-state index contributed by atoms with van der Waals surface area (Å²) >= 11 is 1.48. The topological polar surface area (TPSA) is 95.3 Å². The SMILES string of the molecule is COc1ccc(C(=O)NCc2nnc(SC3C(=O)C4(C)CCC3C4(C)C)n2-c2ccccc2OC)cc1. The number of para-hydroxylation sites is 2. The summed E-state index contributed by atoms with van der Waals surface area (Å²) in [6.45, 7) is 6.70. The molecule has 1 amide bonds. The molecule has 0 spiro atoms. The van der Waals surface area contributed by atoms with Crippen LogP contribution < -0.4 is 14.8 Å². The predicted molar refractivity (Wildman–Crippen MR) is 141 cm³/mol. The van der Waals surface area contributed by atoms with Gasteiger partial charge in [0.1, 0.15) is 11.5 Å². The lowest BCUT2D eigenvalue weighted by molar-refractivity contribution is -0.127. The molecule has 0 saturated heterocycles. The molecule has 2 aliphatic rings. The van der Waals surface area contributed by atoms with Gasteiger partial charge >= 0.3 is 0 Å². The number of methoxy groups -OCH3 is 2. The van der Waals surface area contributed by atoms with Crippen LogP contribution in [0.2, 0.25) is 0 Å². The zero-order valence-electron chi connectivity index (χ0n) is 21.8. The molecule has 194 valence electrons. The summed E-state index contributed by atoms with van der Waals surface area (Å²) in [5.74, 6) is 2.22. The summed E-state index contributed by atoms with van der Waals surface area (Å²) < 4.78 is 12.7. The summed E-state index contributed by atoms with van der Waals surface area (Å²) in [5.41, 5.74) is 0.889. The summed E-state index contributed by atoms with van der Waals surface area (Å²) in [4.78, 5) is 26.4. The van der Waals surface area contributed by atoms with E-state index < -0.39 is 0 Å². The average Bonchev–Trinajstić information content (AvgIpc) is 3.46. The van der Waals surface area contributed by atoms with Gasteiger partial charge in [0.2, 0.25) is 0 Å². The molecule has 8 nitrogen and oxygen atoms in total. The van der Waals surface area contributed by atoms with Crippen LogP contribution in [0.3, 0.4) is 0 Å². The van der Waals surface area contributed by atoms with Crippen molar-refractivity contribution in [2.75, 3.05) is 14.2 Å². The smallest absolute Gasteiger partial charge is 0.251 e. The minimum atomic E-state index is -0.320. The summed E-state index contributed by atoms with van der Waals surface area (Å²) in [5, 5.41) is 12.3. The number of nitrogens with zero attached hydrogens (tertiary/aromatic N) is 3. The van der Waals surface area contributed by atoms with E-state index in [0.29, 0.717) is 33.8 Å². The van der Waals surface area contributed by atoms with Gasteiger partial charge in [0.15, 0.2) is 16.8 Å². The fourth-order valence-corrected chi connectivity index (χ4v) is 7.44. The molecular weight excluding hydrogens is 488 g/mol. The number of hydrogen-bond donors (Lipinski definition) is 1. The lowest BCUT2D eigenvalue weighted by Crippen LogP contribution is -2.34. The molecule has 0 radical (unpaired) electrons. The average molecular weight is 521 g/mol. The third kappa shape index (κ3) is 4.09. The Labute approximate surface area is 221 Å². The monoisotopic (exact) mass is 520 g/mol. The van der Waals surface area contributed by atoms with Crippen molar-refractivity contribution in [2.45, 2.75) is 50.6 Å². The van der Waals surface area contributed by atoms with Gasteiger partial charge in [0, 0.05) is 11.0 Å². The van der Waals surface area contributed by atoms with E-state index in [9.17, 15) is 9.59 Å². The first-order valence-corrected chi connectivity index (χ1v) is 13.3. The van der Waals surface area contributed by atoms with Gasteiger partial charge < -0.3 is 14.8 Å². The second-order valence-corrected chi connectivity index (χ2v) is 11.5. The highest BCUT2D eigenvalue weighted by Crippen LogP contribution is 2.66. The maximum absolute atomic E-state index is 13.5. The van der Waals surface area contributed by atoms with Crippen LogP contribution in [0.25, 0.3) is 5.69 Å². The molecule has 2 fully saturated rings. The Bertz CT molecular complexity index is 1340. The number of nitrogens with one attached hydrogen (secondary N) is 1. The van der Waals surface area contributed by atoms with Crippen molar-refractivity contribution in [3.05, 3.63) is 59.9 Å². The summed E-state index contributed by atoms with van der Waals surface area (Å²) in [7, 11) is 3.20. The Morgan fingerprint density at radius 3 is 2.46 bits per heavy atom. The molecular formula is C28H32N4O4S. The Hall–Kier alpha value is -3.33. The van der Waals surface area contributed by atoms with Crippen molar-refractivity contribution >= 4 is 23.5 Å². The molecule has 37 heavy (non-hydrogen) atoms. The number of rotatable bonds is 8. The van der Waals surface area contributed by atoms with Crippen LogP contribution in [0.5, 0.6) is 11.5 Å². The number of carbonyl (C=O) groups is 2. The van der Waals surface area contributed by atoms with Gasteiger partial charge in [-0.25, -0.2) is 0 Å². The maximum atomic E-state index is 13.5. The molecule has 2 saturated carbocycles. The molecule has 2 aliphatic carbocycles. The van der Waals surface area contributed by atoms with Crippen LogP contribution in [0.1, 0.15) is 49.8 Å². The van der Waals surface area contributed by atoms with Gasteiger partial charge in [-0.05, 0) is 60.6 Å². The highest BCUT2D eigenvalue weighted by Gasteiger charge is 2.66. The van der Waals surface area contributed by atoms with E-state index >= 15 is 0 Å². The number of amides is 1. The molecule has 9 heteroatoms. The first kappa shape index (κ1) is 25.3. The van der Waals surface area contributed by atoms with Gasteiger partial charge in [0.05, 0.1) is 31.7 Å². The highest BCUT2D eigenvalue weighted by atomic mass is 32.2. The number of hydrogen-bond acceptors (Lipinski definition) is 7. The van der Waals surface area contributed by atoms with Crippen LogP contribution in [-0.4, -0.2) is 45.9 Å². The van der Waals surface area contributed by atoms with E-state index in [1.807, 2.05) is 28.8 Å². The molecule has 2 bridgehead atoms. The van der Waals surface area contributed by atoms with E-state index in [1.54, 1.807) is 38.5 Å². The number of benzene rings is 2. The Morgan fingerprint density at radius 2 is 1.81 bits per heavy atom. The highest BCUT2D eigenvalue weighted by molar-refractivity contribution is 8.00. The van der Waals surface area contributed by atoms with Gasteiger partial charge in [0.25, 0.3) is 5.91 Å². The fourth-order valence-electron chi connectivity index (χ4n) is 5.80. The number of carbonyl (C=O) groups excluding carboxylic acids is 2. The lowest BCUT2D eigenvalue weighted by Gasteiger charge is -2.32. The van der Waals surface area contributed by atoms with E-state index in [1.165, 1.54) is 11.8 Å². The molecule has 1 aromatic heterocycles. The number of thioether (sulfide) groups is 1. The molecule has 3 aromatic rings. The van der Waals surface area contributed by atoms with E-state index in [2.05, 4.69) is 36.3 Å². The molecule has 1 heterocycles. The van der Waals surface area contributed by atoms with E-state index in [-0.39, 0.29) is 34.4 Å². The van der Waals surface area contributed by atoms with E-state index in [4.69, 9.17) is 9.47 Å². The minimum Gasteiger partial charge on any atom is -0.497 e. The van der Waals surface area contributed by atoms with Crippen molar-refractivity contribution in [3.63, 3.8) is 0 Å². The van der Waals surface area contributed by atoms with Crippen LogP contribution in [0, 0.1) is 16.7 Å².